The van der Waals surface area contributed by atoms with Crippen molar-refractivity contribution in [2.24, 2.45) is 0 Å². The molecule has 2 N–H and O–H groups in total. The van der Waals surface area contributed by atoms with Crippen molar-refractivity contribution < 1.29 is 10.2 Å². The first kappa shape index (κ1) is 8.17. The van der Waals surface area contributed by atoms with Gasteiger partial charge in [-0.2, -0.15) is 0 Å². The summed E-state index contributed by atoms with van der Waals surface area (Å²) in [5.41, 5.74) is 1.45. The molecule has 1 aromatic rings. The number of pyridine rings is 1. The van der Waals surface area contributed by atoms with Crippen LogP contribution >= 0.6 is 0 Å². The fraction of sp³-hybridized carbons (Fsp3) is 0.375. The topological polar surface area (TPSA) is 53.4 Å². The van der Waals surface area contributed by atoms with Crippen LogP contribution < -0.4 is 0 Å². The van der Waals surface area contributed by atoms with Gasteiger partial charge in [0.25, 0.3) is 0 Å². The van der Waals surface area contributed by atoms with Crippen LogP contribution in [0.4, 0.5) is 0 Å². The zero-order valence-corrected chi connectivity index (χ0v) is 6.36. The Morgan fingerprint density at radius 2 is 2.36 bits per heavy atom. The molecule has 0 aliphatic rings. The summed E-state index contributed by atoms with van der Waals surface area (Å²) in [5.74, 6) is 0. The molecule has 0 spiro atoms. The normalized spacial score (nSPS) is 13.0. The average Bonchev–Trinajstić information content (AvgIpc) is 2.04. The predicted octanol–water partition coefficient (Wildman–Crippen LogP) is 0.416. The number of aromatic nitrogens is 1. The molecule has 1 atom stereocenters. The van der Waals surface area contributed by atoms with Gasteiger partial charge in [-0.3, -0.25) is 4.98 Å². The van der Waals surface area contributed by atoms with Crippen molar-refractivity contribution in [3.05, 3.63) is 29.6 Å². The molecule has 0 amide bonds. The summed E-state index contributed by atoms with van der Waals surface area (Å²) < 4.78 is 0. The summed E-state index contributed by atoms with van der Waals surface area (Å²) in [5, 5.41) is 17.8. The van der Waals surface area contributed by atoms with Gasteiger partial charge in [0, 0.05) is 6.20 Å². The molecular formula is C8H11NO2. The molecule has 0 aromatic carbocycles. The molecule has 0 aliphatic heterocycles. The molecule has 0 bridgehead atoms. The van der Waals surface area contributed by atoms with Crippen molar-refractivity contribution in [1.82, 2.24) is 4.98 Å². The molecule has 1 aromatic heterocycles. The van der Waals surface area contributed by atoms with Gasteiger partial charge in [0.05, 0.1) is 12.3 Å². The van der Waals surface area contributed by atoms with E-state index in [1.54, 1.807) is 12.3 Å². The van der Waals surface area contributed by atoms with Gasteiger partial charge < -0.3 is 10.2 Å². The molecule has 1 rings (SSSR count). The van der Waals surface area contributed by atoms with E-state index in [0.717, 1.165) is 5.56 Å². The highest BCUT2D eigenvalue weighted by Gasteiger charge is 2.08. The van der Waals surface area contributed by atoms with E-state index >= 15 is 0 Å². The van der Waals surface area contributed by atoms with Gasteiger partial charge >= 0.3 is 0 Å². The molecule has 60 valence electrons. The van der Waals surface area contributed by atoms with Gasteiger partial charge in [-0.15, -0.1) is 0 Å². The van der Waals surface area contributed by atoms with Gasteiger partial charge in [0.2, 0.25) is 0 Å². The Morgan fingerprint density at radius 1 is 1.64 bits per heavy atom. The van der Waals surface area contributed by atoms with E-state index < -0.39 is 6.10 Å². The van der Waals surface area contributed by atoms with E-state index in [9.17, 15) is 5.11 Å². The van der Waals surface area contributed by atoms with Gasteiger partial charge in [0.15, 0.2) is 0 Å². The molecule has 0 saturated carbocycles. The third-order valence-corrected chi connectivity index (χ3v) is 1.54. The Balaban J connectivity index is 2.93. The summed E-state index contributed by atoms with van der Waals surface area (Å²) in [6, 6.07) is 3.64. The average molecular weight is 153 g/mol. The molecular weight excluding hydrogens is 142 g/mol. The van der Waals surface area contributed by atoms with Crippen molar-refractivity contribution in [3.63, 3.8) is 0 Å². The van der Waals surface area contributed by atoms with Crippen LogP contribution in [0.15, 0.2) is 18.3 Å². The molecule has 3 heteroatoms. The van der Waals surface area contributed by atoms with Crippen LogP contribution in [-0.4, -0.2) is 21.8 Å². The van der Waals surface area contributed by atoms with Crippen molar-refractivity contribution >= 4 is 0 Å². The van der Waals surface area contributed by atoms with E-state index in [0.29, 0.717) is 5.69 Å². The number of rotatable bonds is 2. The molecule has 0 fully saturated rings. The summed E-state index contributed by atoms with van der Waals surface area (Å²) >= 11 is 0. The van der Waals surface area contributed by atoms with E-state index in [4.69, 9.17) is 5.11 Å². The molecule has 11 heavy (non-hydrogen) atoms. The van der Waals surface area contributed by atoms with Gasteiger partial charge in [-0.05, 0) is 18.6 Å². The Morgan fingerprint density at radius 3 is 2.91 bits per heavy atom. The minimum Gasteiger partial charge on any atom is -0.393 e. The van der Waals surface area contributed by atoms with Crippen LogP contribution in [0.2, 0.25) is 0 Å². The number of nitrogens with zero attached hydrogens (tertiary/aromatic N) is 1. The van der Waals surface area contributed by atoms with Gasteiger partial charge in [0.1, 0.15) is 6.10 Å². The monoisotopic (exact) mass is 153 g/mol. The Labute approximate surface area is 65.3 Å². The maximum absolute atomic E-state index is 9.20. The van der Waals surface area contributed by atoms with Crippen LogP contribution in [0.5, 0.6) is 0 Å². The quantitative estimate of drug-likeness (QED) is 0.647. The van der Waals surface area contributed by atoms with E-state index in [-0.39, 0.29) is 6.61 Å². The Bertz CT molecular complexity index is 237. The number of hydrogen-bond acceptors (Lipinski definition) is 3. The summed E-state index contributed by atoms with van der Waals surface area (Å²) in [6.45, 7) is 1.57. The zero-order valence-electron chi connectivity index (χ0n) is 6.36. The predicted molar refractivity (Wildman–Crippen MR) is 41.0 cm³/mol. The highest BCUT2D eigenvalue weighted by Crippen LogP contribution is 2.12. The third-order valence-electron chi connectivity index (χ3n) is 1.54. The second-order valence-electron chi connectivity index (χ2n) is 2.40. The lowest BCUT2D eigenvalue weighted by molar-refractivity contribution is 0.0917. The van der Waals surface area contributed by atoms with Crippen LogP contribution in [0, 0.1) is 6.92 Å². The lowest BCUT2D eigenvalue weighted by atomic mass is 10.1. The summed E-state index contributed by atoms with van der Waals surface area (Å²) in [6.07, 6.45) is 0.748. The first-order valence-electron chi connectivity index (χ1n) is 3.46. The first-order valence-corrected chi connectivity index (χ1v) is 3.46. The largest absolute Gasteiger partial charge is 0.393 e. The molecule has 0 aliphatic carbocycles. The maximum atomic E-state index is 9.20. The van der Waals surface area contributed by atoms with Crippen LogP contribution in [0.3, 0.4) is 0 Å². The lowest BCUT2D eigenvalue weighted by Gasteiger charge is -2.08. The van der Waals surface area contributed by atoms with Crippen LogP contribution in [0.25, 0.3) is 0 Å². The van der Waals surface area contributed by atoms with E-state index in [2.05, 4.69) is 4.98 Å². The highest BCUT2D eigenvalue weighted by molar-refractivity contribution is 5.19. The smallest absolute Gasteiger partial charge is 0.119 e. The highest BCUT2D eigenvalue weighted by atomic mass is 16.3. The standard InChI is InChI=1S/C8H11NO2/c1-6-3-2-4-9-8(6)7(11)5-10/h2-4,7,10-11H,5H2,1H3. The number of aliphatic hydroxyl groups excluding tert-OH is 2. The van der Waals surface area contributed by atoms with Crippen molar-refractivity contribution in [1.29, 1.82) is 0 Å². The number of aliphatic hydroxyl groups is 2. The minimum atomic E-state index is -0.851. The maximum Gasteiger partial charge on any atom is 0.119 e. The minimum absolute atomic E-state index is 0.280. The summed E-state index contributed by atoms with van der Waals surface area (Å²) in [4.78, 5) is 3.94. The van der Waals surface area contributed by atoms with E-state index in [1.165, 1.54) is 0 Å². The SMILES string of the molecule is Cc1cccnc1C(O)CO. The van der Waals surface area contributed by atoms with E-state index in [1.807, 2.05) is 13.0 Å². The molecule has 0 radical (unpaired) electrons. The molecule has 0 saturated heterocycles. The van der Waals surface area contributed by atoms with Crippen molar-refractivity contribution in [2.45, 2.75) is 13.0 Å². The third kappa shape index (κ3) is 1.76. The van der Waals surface area contributed by atoms with Crippen LogP contribution in [-0.2, 0) is 0 Å². The van der Waals surface area contributed by atoms with Gasteiger partial charge in [-0.25, -0.2) is 0 Å². The fourth-order valence-corrected chi connectivity index (χ4v) is 0.933. The molecule has 1 unspecified atom stereocenters. The van der Waals surface area contributed by atoms with Crippen molar-refractivity contribution in [3.8, 4) is 0 Å². The van der Waals surface area contributed by atoms with Gasteiger partial charge in [-0.1, -0.05) is 6.07 Å². The Hall–Kier alpha value is -0.930. The first-order chi connectivity index (χ1) is 5.25. The lowest BCUT2D eigenvalue weighted by Crippen LogP contribution is -2.06. The molecule has 1 heterocycles. The Kier molecular flexibility index (Phi) is 2.57. The number of hydrogen-bond donors (Lipinski definition) is 2. The summed E-state index contributed by atoms with van der Waals surface area (Å²) in [7, 11) is 0. The number of aryl methyl sites for hydroxylation is 1. The molecule has 3 nitrogen and oxygen atoms in total. The van der Waals surface area contributed by atoms with Crippen LogP contribution in [0.1, 0.15) is 17.4 Å². The second-order valence-corrected chi connectivity index (χ2v) is 2.40. The second kappa shape index (κ2) is 3.46. The fourth-order valence-electron chi connectivity index (χ4n) is 0.933. The zero-order chi connectivity index (χ0) is 8.27. The van der Waals surface area contributed by atoms with Crippen molar-refractivity contribution in [2.75, 3.05) is 6.61 Å².